The van der Waals surface area contributed by atoms with E-state index >= 15 is 0 Å². The Morgan fingerprint density at radius 2 is 2.09 bits per heavy atom. The number of carbonyl (C=O) groups is 1. The molecule has 23 heavy (non-hydrogen) atoms. The molecule has 0 saturated carbocycles. The second-order valence-corrected chi connectivity index (χ2v) is 8.06. The molecule has 0 unspecified atom stereocenters. The number of likely N-dealkylation sites (tertiary alicyclic amines) is 1. The van der Waals surface area contributed by atoms with Crippen molar-refractivity contribution in [2.75, 3.05) is 19.3 Å². The lowest BCUT2D eigenvalue weighted by Crippen LogP contribution is -2.45. The number of piperidine rings is 1. The monoisotopic (exact) mass is 351 g/mol. The van der Waals surface area contributed by atoms with Gasteiger partial charge in [-0.05, 0) is 36.0 Å². The molecule has 0 spiro atoms. The molecule has 1 amide bonds. The van der Waals surface area contributed by atoms with Gasteiger partial charge in [-0.25, -0.2) is 4.98 Å². The van der Waals surface area contributed by atoms with Gasteiger partial charge in [0, 0.05) is 13.1 Å². The van der Waals surface area contributed by atoms with Gasteiger partial charge in [0.15, 0.2) is 5.16 Å². The van der Waals surface area contributed by atoms with Crippen LogP contribution in [0.3, 0.4) is 0 Å². The summed E-state index contributed by atoms with van der Waals surface area (Å²) in [5.41, 5.74) is 0.606. The predicted octanol–water partition coefficient (Wildman–Crippen LogP) is 2.68. The van der Waals surface area contributed by atoms with Crippen molar-refractivity contribution in [2.45, 2.75) is 32.0 Å². The molecular weight excluding hydrogens is 330 g/mol. The van der Waals surface area contributed by atoms with E-state index in [4.69, 9.17) is 0 Å². The lowest BCUT2D eigenvalue weighted by Gasteiger charge is -2.35. The number of hydrogen-bond donors (Lipinski definition) is 0. The number of amides is 1. The number of fused-ring (bicyclic) bond motifs is 1. The topological polar surface area (TPSA) is 55.2 Å². The number of thioether (sulfide) groups is 1. The number of aromatic nitrogens is 2. The van der Waals surface area contributed by atoms with Crippen molar-refractivity contribution in [3.63, 3.8) is 0 Å². The second kappa shape index (κ2) is 6.65. The SMILES string of the molecule is CSc1nc2ccsc2c(=O)n1CC(=O)N1C[C@H](C)C[C@H](C)C1. The molecule has 3 rings (SSSR count). The van der Waals surface area contributed by atoms with E-state index in [1.807, 2.05) is 22.6 Å². The average molecular weight is 351 g/mol. The molecule has 0 radical (unpaired) electrons. The molecule has 2 aromatic rings. The molecule has 5 nitrogen and oxygen atoms in total. The Morgan fingerprint density at radius 3 is 2.74 bits per heavy atom. The maximum Gasteiger partial charge on any atom is 0.272 e. The maximum absolute atomic E-state index is 12.7. The summed E-state index contributed by atoms with van der Waals surface area (Å²) in [5.74, 6) is 1.04. The fourth-order valence-electron chi connectivity index (χ4n) is 3.32. The molecule has 1 aliphatic heterocycles. The fraction of sp³-hybridized carbons (Fsp3) is 0.562. The van der Waals surface area contributed by atoms with Gasteiger partial charge in [0.05, 0.1) is 5.52 Å². The Morgan fingerprint density at radius 1 is 1.39 bits per heavy atom. The molecule has 0 aromatic carbocycles. The second-order valence-electron chi connectivity index (χ2n) is 6.37. The Bertz CT molecular complexity index is 773. The summed E-state index contributed by atoms with van der Waals surface area (Å²) >= 11 is 2.78. The van der Waals surface area contributed by atoms with Crippen LogP contribution >= 0.6 is 23.1 Å². The normalized spacial score (nSPS) is 21.8. The number of carbonyl (C=O) groups excluding carboxylic acids is 1. The molecular formula is C16H21N3O2S2. The van der Waals surface area contributed by atoms with Crippen LogP contribution in [-0.4, -0.2) is 39.7 Å². The van der Waals surface area contributed by atoms with Crippen LogP contribution in [0.2, 0.25) is 0 Å². The van der Waals surface area contributed by atoms with E-state index in [0.29, 0.717) is 27.2 Å². The molecule has 1 fully saturated rings. The molecule has 1 aliphatic rings. The molecule has 7 heteroatoms. The largest absolute Gasteiger partial charge is 0.341 e. The van der Waals surface area contributed by atoms with Crippen molar-refractivity contribution in [2.24, 2.45) is 11.8 Å². The predicted molar refractivity (Wildman–Crippen MR) is 95.2 cm³/mol. The van der Waals surface area contributed by atoms with Crippen LogP contribution in [0.5, 0.6) is 0 Å². The van der Waals surface area contributed by atoms with Gasteiger partial charge in [0.25, 0.3) is 5.56 Å². The fourth-order valence-corrected chi connectivity index (χ4v) is 4.66. The van der Waals surface area contributed by atoms with E-state index in [2.05, 4.69) is 18.8 Å². The van der Waals surface area contributed by atoms with Crippen LogP contribution in [0.15, 0.2) is 21.4 Å². The van der Waals surface area contributed by atoms with E-state index in [1.54, 1.807) is 0 Å². The summed E-state index contributed by atoms with van der Waals surface area (Å²) in [6.45, 7) is 5.99. The van der Waals surface area contributed by atoms with Gasteiger partial charge < -0.3 is 4.90 Å². The smallest absolute Gasteiger partial charge is 0.272 e. The molecule has 0 aliphatic carbocycles. The first-order chi connectivity index (χ1) is 11.0. The van der Waals surface area contributed by atoms with Gasteiger partial charge in [-0.3, -0.25) is 14.2 Å². The summed E-state index contributed by atoms with van der Waals surface area (Å²) in [4.78, 5) is 31.8. The van der Waals surface area contributed by atoms with Gasteiger partial charge in [-0.2, -0.15) is 0 Å². The van der Waals surface area contributed by atoms with Crippen molar-refractivity contribution in [3.8, 4) is 0 Å². The Balaban J connectivity index is 1.90. The highest BCUT2D eigenvalue weighted by Gasteiger charge is 2.26. The van der Waals surface area contributed by atoms with Crippen LogP contribution in [0.25, 0.3) is 10.2 Å². The molecule has 3 heterocycles. The van der Waals surface area contributed by atoms with E-state index < -0.39 is 0 Å². The Hall–Kier alpha value is -1.34. The number of nitrogens with zero attached hydrogens (tertiary/aromatic N) is 3. The van der Waals surface area contributed by atoms with Gasteiger partial charge >= 0.3 is 0 Å². The number of thiophene rings is 1. The van der Waals surface area contributed by atoms with Crippen molar-refractivity contribution < 1.29 is 4.79 Å². The third-order valence-electron chi connectivity index (χ3n) is 4.23. The van der Waals surface area contributed by atoms with Crippen molar-refractivity contribution in [3.05, 3.63) is 21.8 Å². The zero-order valence-electron chi connectivity index (χ0n) is 13.6. The van der Waals surface area contributed by atoms with Crippen LogP contribution < -0.4 is 5.56 Å². The highest BCUT2D eigenvalue weighted by atomic mass is 32.2. The zero-order chi connectivity index (χ0) is 16.6. The molecule has 0 bridgehead atoms. The standard InChI is InChI=1S/C16H21N3O2S2/c1-10-6-11(2)8-18(7-10)13(20)9-19-15(21)14-12(4-5-23-14)17-16(19)22-3/h4-5,10-11H,6-9H2,1-3H3/t10-,11+. The summed E-state index contributed by atoms with van der Waals surface area (Å²) in [5, 5.41) is 2.47. The van der Waals surface area contributed by atoms with Crippen LogP contribution in [-0.2, 0) is 11.3 Å². The molecule has 1 saturated heterocycles. The average Bonchev–Trinajstić information content (AvgIpc) is 2.97. The zero-order valence-corrected chi connectivity index (χ0v) is 15.2. The first-order valence-electron chi connectivity index (χ1n) is 7.79. The minimum absolute atomic E-state index is 0.0125. The third-order valence-corrected chi connectivity index (χ3v) is 5.80. The van der Waals surface area contributed by atoms with Gasteiger partial charge in [-0.1, -0.05) is 25.6 Å². The Kier molecular flexibility index (Phi) is 4.77. The van der Waals surface area contributed by atoms with Crippen molar-refractivity contribution in [1.29, 1.82) is 0 Å². The van der Waals surface area contributed by atoms with Gasteiger partial charge in [0.1, 0.15) is 11.2 Å². The number of hydrogen-bond acceptors (Lipinski definition) is 5. The summed E-state index contributed by atoms with van der Waals surface area (Å²) in [7, 11) is 0. The van der Waals surface area contributed by atoms with E-state index in [1.165, 1.54) is 27.7 Å². The molecule has 2 aromatic heterocycles. The van der Waals surface area contributed by atoms with Crippen LogP contribution in [0.4, 0.5) is 0 Å². The highest BCUT2D eigenvalue weighted by Crippen LogP contribution is 2.22. The molecule has 0 N–H and O–H groups in total. The van der Waals surface area contributed by atoms with E-state index in [0.717, 1.165) is 19.5 Å². The quantitative estimate of drug-likeness (QED) is 0.630. The summed E-state index contributed by atoms with van der Waals surface area (Å²) < 4.78 is 2.14. The van der Waals surface area contributed by atoms with Crippen molar-refractivity contribution >= 4 is 39.2 Å². The Labute approximate surface area is 143 Å². The first-order valence-corrected chi connectivity index (χ1v) is 9.89. The first kappa shape index (κ1) is 16.5. The highest BCUT2D eigenvalue weighted by molar-refractivity contribution is 7.98. The number of rotatable bonds is 3. The van der Waals surface area contributed by atoms with Crippen LogP contribution in [0, 0.1) is 11.8 Å². The van der Waals surface area contributed by atoms with Crippen LogP contribution in [0.1, 0.15) is 20.3 Å². The summed E-state index contributed by atoms with van der Waals surface area (Å²) in [6.07, 6.45) is 3.04. The summed E-state index contributed by atoms with van der Waals surface area (Å²) in [6, 6.07) is 1.85. The minimum atomic E-state index is -0.110. The molecule has 2 atom stereocenters. The van der Waals surface area contributed by atoms with E-state index in [9.17, 15) is 9.59 Å². The lowest BCUT2D eigenvalue weighted by molar-refractivity contribution is -0.134. The van der Waals surface area contributed by atoms with Crippen molar-refractivity contribution in [1.82, 2.24) is 14.5 Å². The van der Waals surface area contributed by atoms with Gasteiger partial charge in [-0.15, -0.1) is 11.3 Å². The maximum atomic E-state index is 12.7. The minimum Gasteiger partial charge on any atom is -0.341 e. The lowest BCUT2D eigenvalue weighted by atomic mass is 9.92. The van der Waals surface area contributed by atoms with Gasteiger partial charge in [0.2, 0.25) is 5.91 Å². The molecule has 124 valence electrons. The third kappa shape index (κ3) is 3.30. The van der Waals surface area contributed by atoms with E-state index in [-0.39, 0.29) is 18.0 Å².